The van der Waals surface area contributed by atoms with Gasteiger partial charge >= 0.3 is 5.97 Å². The first-order valence-electron chi connectivity index (χ1n) is 3.96. The van der Waals surface area contributed by atoms with Gasteiger partial charge in [-0.25, -0.2) is 0 Å². The Labute approximate surface area is 85.1 Å². The van der Waals surface area contributed by atoms with Gasteiger partial charge in [0.15, 0.2) is 0 Å². The Balaban J connectivity index is 2.54. The second kappa shape index (κ2) is 4.25. The van der Waals surface area contributed by atoms with Crippen LogP contribution in [0.2, 0.25) is 0 Å². The molecule has 1 atom stereocenters. The van der Waals surface area contributed by atoms with Crippen LogP contribution in [0.15, 0.2) is 0 Å². The Morgan fingerprint density at radius 1 is 1.79 bits per heavy atom. The van der Waals surface area contributed by atoms with E-state index in [1.165, 1.54) is 11.5 Å². The van der Waals surface area contributed by atoms with Gasteiger partial charge in [-0.2, -0.15) is 4.37 Å². The van der Waals surface area contributed by atoms with E-state index in [9.17, 15) is 4.79 Å². The van der Waals surface area contributed by atoms with Crippen molar-refractivity contribution in [3.05, 3.63) is 5.69 Å². The second-order valence-electron chi connectivity index (χ2n) is 2.84. The lowest BCUT2D eigenvalue weighted by Crippen LogP contribution is -2.36. The zero-order valence-corrected chi connectivity index (χ0v) is 8.47. The predicted octanol–water partition coefficient (Wildman–Crippen LogP) is -0.142. The van der Waals surface area contributed by atoms with Crippen molar-refractivity contribution in [3.63, 3.8) is 0 Å². The molecule has 6 nitrogen and oxygen atoms in total. The summed E-state index contributed by atoms with van der Waals surface area (Å²) >= 11 is 1.20. The predicted molar refractivity (Wildman–Crippen MR) is 55.4 cm³/mol. The fourth-order valence-corrected chi connectivity index (χ4v) is 1.51. The zero-order chi connectivity index (χ0) is 10.7. The first-order valence-corrected chi connectivity index (χ1v) is 4.73. The van der Waals surface area contributed by atoms with Gasteiger partial charge in [0, 0.05) is 6.54 Å². The van der Waals surface area contributed by atoms with Crippen molar-refractivity contribution in [2.45, 2.75) is 13.0 Å². The Kier molecular flexibility index (Phi) is 3.26. The highest BCUT2D eigenvalue weighted by atomic mass is 32.1. The van der Waals surface area contributed by atoms with E-state index < -0.39 is 12.0 Å². The molecule has 0 aromatic carbocycles. The van der Waals surface area contributed by atoms with Crippen LogP contribution in [0.4, 0.5) is 10.7 Å². The fourth-order valence-electron chi connectivity index (χ4n) is 0.794. The molecule has 14 heavy (non-hydrogen) atoms. The molecule has 0 fully saturated rings. The van der Waals surface area contributed by atoms with Crippen LogP contribution in [-0.2, 0) is 4.79 Å². The molecule has 78 valence electrons. The van der Waals surface area contributed by atoms with Crippen LogP contribution in [0, 0.1) is 6.92 Å². The van der Waals surface area contributed by atoms with E-state index in [2.05, 4.69) is 9.69 Å². The van der Waals surface area contributed by atoms with Crippen molar-refractivity contribution < 1.29 is 9.90 Å². The van der Waals surface area contributed by atoms with E-state index in [-0.39, 0.29) is 6.54 Å². The van der Waals surface area contributed by atoms with E-state index in [0.717, 1.165) is 5.69 Å². The third-order valence-electron chi connectivity index (χ3n) is 1.71. The Hall–Kier alpha value is -1.34. The summed E-state index contributed by atoms with van der Waals surface area (Å²) in [5.41, 5.74) is 12.3. The van der Waals surface area contributed by atoms with E-state index in [0.29, 0.717) is 10.7 Å². The number of carboxylic acids is 1. The van der Waals surface area contributed by atoms with Gasteiger partial charge in [-0.15, -0.1) is 0 Å². The number of carboxylic acid groups (broad SMARTS) is 1. The summed E-state index contributed by atoms with van der Waals surface area (Å²) in [6.45, 7) is 1.93. The maximum absolute atomic E-state index is 10.4. The average Bonchev–Trinajstić information content (AvgIpc) is 2.44. The van der Waals surface area contributed by atoms with Gasteiger partial charge in [-0.1, -0.05) is 0 Å². The number of hydrogen-bond acceptors (Lipinski definition) is 6. The van der Waals surface area contributed by atoms with Crippen LogP contribution in [0.1, 0.15) is 5.69 Å². The molecule has 7 heteroatoms. The molecule has 0 aliphatic heterocycles. The molecule has 0 unspecified atom stereocenters. The smallest absolute Gasteiger partial charge is 0.322 e. The number of nitrogens with one attached hydrogen (secondary N) is 1. The topological polar surface area (TPSA) is 114 Å². The third kappa shape index (κ3) is 2.33. The normalized spacial score (nSPS) is 12.4. The summed E-state index contributed by atoms with van der Waals surface area (Å²) in [6, 6.07) is -0.934. The highest BCUT2D eigenvalue weighted by molar-refractivity contribution is 7.11. The Morgan fingerprint density at radius 2 is 2.43 bits per heavy atom. The fraction of sp³-hybridized carbons (Fsp3) is 0.429. The molecule has 1 rings (SSSR count). The maximum atomic E-state index is 10.4. The molecule has 0 spiro atoms. The van der Waals surface area contributed by atoms with E-state index in [1.54, 1.807) is 6.92 Å². The number of aryl methyl sites for hydroxylation is 1. The number of nitrogens with zero attached hydrogens (tertiary/aromatic N) is 1. The molecule has 0 aliphatic rings. The maximum Gasteiger partial charge on any atom is 0.322 e. The van der Waals surface area contributed by atoms with E-state index in [1.807, 2.05) is 0 Å². The molecule has 0 radical (unpaired) electrons. The lowest BCUT2D eigenvalue weighted by atomic mass is 10.3. The molecule has 6 N–H and O–H groups in total. The van der Waals surface area contributed by atoms with Crippen LogP contribution in [0.25, 0.3) is 0 Å². The lowest BCUT2D eigenvalue weighted by Gasteiger charge is -2.07. The van der Waals surface area contributed by atoms with Gasteiger partial charge < -0.3 is 21.9 Å². The number of hydrogen-bond donors (Lipinski definition) is 4. The third-order valence-corrected chi connectivity index (χ3v) is 2.62. The summed E-state index contributed by atoms with van der Waals surface area (Å²) in [7, 11) is 0. The first-order chi connectivity index (χ1) is 6.52. The van der Waals surface area contributed by atoms with Crippen molar-refractivity contribution in [3.8, 4) is 0 Å². The minimum atomic E-state index is -1.04. The van der Waals surface area contributed by atoms with Crippen molar-refractivity contribution in [2.75, 3.05) is 17.6 Å². The van der Waals surface area contributed by atoms with Crippen LogP contribution in [0.5, 0.6) is 0 Å². The molecular formula is C7H12N4O2S. The number of anilines is 2. The highest BCUT2D eigenvalue weighted by Gasteiger charge is 2.13. The minimum Gasteiger partial charge on any atom is -0.480 e. The minimum absolute atomic E-state index is 0.140. The van der Waals surface area contributed by atoms with Crippen molar-refractivity contribution in [2.24, 2.45) is 5.73 Å². The van der Waals surface area contributed by atoms with Gasteiger partial charge in [0.1, 0.15) is 11.0 Å². The van der Waals surface area contributed by atoms with Crippen molar-refractivity contribution in [1.82, 2.24) is 4.37 Å². The quantitative estimate of drug-likeness (QED) is 0.557. The Morgan fingerprint density at radius 3 is 2.86 bits per heavy atom. The van der Waals surface area contributed by atoms with Gasteiger partial charge in [-0.3, -0.25) is 4.79 Å². The van der Waals surface area contributed by atoms with Crippen molar-refractivity contribution >= 4 is 28.2 Å². The standard InChI is InChI=1S/C7H12N4O2S/c1-3-5(9)6(14-11-3)10-2-4(8)7(12)13/h4,10H,2,8-9H2,1H3,(H,12,13)/t4-/m0/s1. The molecule has 0 saturated carbocycles. The van der Waals surface area contributed by atoms with Crippen LogP contribution >= 0.6 is 11.5 Å². The van der Waals surface area contributed by atoms with Crippen LogP contribution < -0.4 is 16.8 Å². The molecule has 0 aliphatic carbocycles. The van der Waals surface area contributed by atoms with Gasteiger partial charge in [-0.05, 0) is 18.5 Å². The lowest BCUT2D eigenvalue weighted by molar-refractivity contribution is -0.138. The van der Waals surface area contributed by atoms with Gasteiger partial charge in [0.2, 0.25) is 0 Å². The zero-order valence-electron chi connectivity index (χ0n) is 7.65. The van der Waals surface area contributed by atoms with E-state index in [4.69, 9.17) is 16.6 Å². The second-order valence-corrected chi connectivity index (χ2v) is 3.61. The van der Waals surface area contributed by atoms with Crippen molar-refractivity contribution in [1.29, 1.82) is 0 Å². The average molecular weight is 216 g/mol. The highest BCUT2D eigenvalue weighted by Crippen LogP contribution is 2.26. The number of carbonyl (C=O) groups is 1. The van der Waals surface area contributed by atoms with Gasteiger partial charge in [0.05, 0.1) is 11.4 Å². The Bertz CT molecular complexity index is 338. The number of aliphatic carboxylic acids is 1. The summed E-state index contributed by atoms with van der Waals surface area (Å²) in [4.78, 5) is 10.4. The van der Waals surface area contributed by atoms with Gasteiger partial charge in [0.25, 0.3) is 0 Å². The largest absolute Gasteiger partial charge is 0.480 e. The monoisotopic (exact) mass is 216 g/mol. The first kappa shape index (κ1) is 10.7. The molecule has 1 heterocycles. The summed E-state index contributed by atoms with van der Waals surface area (Å²) in [5, 5.41) is 12.0. The summed E-state index contributed by atoms with van der Waals surface area (Å²) in [6.07, 6.45) is 0. The summed E-state index contributed by atoms with van der Waals surface area (Å²) in [5.74, 6) is -1.04. The van der Waals surface area contributed by atoms with E-state index >= 15 is 0 Å². The molecule has 1 aromatic heterocycles. The molecule has 1 aromatic rings. The van der Waals surface area contributed by atoms with Crippen LogP contribution in [0.3, 0.4) is 0 Å². The number of nitrogen functional groups attached to an aromatic ring is 1. The number of rotatable bonds is 4. The molecule has 0 saturated heterocycles. The number of aromatic nitrogens is 1. The number of nitrogens with two attached hydrogens (primary N) is 2. The molecular weight excluding hydrogens is 204 g/mol. The molecule has 0 bridgehead atoms. The molecule has 0 amide bonds. The van der Waals surface area contributed by atoms with Crippen LogP contribution in [-0.4, -0.2) is 28.0 Å². The summed E-state index contributed by atoms with van der Waals surface area (Å²) < 4.78 is 4.00. The SMILES string of the molecule is Cc1nsc(NC[C@H](N)C(=O)O)c1N.